The van der Waals surface area contributed by atoms with Crippen molar-refractivity contribution >= 4 is 35.2 Å². The Morgan fingerprint density at radius 2 is 1.28 bits per heavy atom. The van der Waals surface area contributed by atoms with Gasteiger partial charge in [-0.15, -0.1) is 0 Å². The van der Waals surface area contributed by atoms with Gasteiger partial charge < -0.3 is 4.42 Å². The molecule has 6 rings (SSSR count). The molecule has 0 fully saturated rings. The number of fused-ring (bicyclic) bond motifs is 3. The van der Waals surface area contributed by atoms with E-state index in [-0.39, 0.29) is 0 Å². The van der Waals surface area contributed by atoms with Crippen LogP contribution in [0.2, 0.25) is 19.6 Å². The topological polar surface area (TPSA) is 17.0 Å². The largest absolute Gasteiger partial charge is 0.455 e. The average molecular weight is 583 g/mol. The first-order chi connectivity index (χ1) is 20.5. The lowest BCUT2D eigenvalue weighted by molar-refractivity contribution is -0.660. The molecule has 0 amide bonds. The molecular weight excluding hydrogens is 539 g/mol. The zero-order valence-corrected chi connectivity index (χ0v) is 28.2. The fourth-order valence-electron chi connectivity index (χ4n) is 6.74. The Morgan fingerprint density at radius 1 is 0.651 bits per heavy atom. The van der Waals surface area contributed by atoms with Crippen molar-refractivity contribution in [1.82, 2.24) is 0 Å². The van der Waals surface area contributed by atoms with Gasteiger partial charge in [-0.05, 0) is 63.8 Å². The smallest absolute Gasteiger partial charge is 0.216 e. The molecule has 4 aromatic carbocycles. The first kappa shape index (κ1) is 29.1. The second-order valence-electron chi connectivity index (χ2n) is 13.8. The number of para-hydroxylation sites is 1. The maximum absolute atomic E-state index is 6.68. The molecule has 0 saturated carbocycles. The van der Waals surface area contributed by atoms with Crippen molar-refractivity contribution in [3.05, 3.63) is 108 Å². The Morgan fingerprint density at radius 3 is 1.91 bits per heavy atom. The maximum atomic E-state index is 6.68. The Balaban J connectivity index is 1.67. The van der Waals surface area contributed by atoms with Crippen LogP contribution in [-0.2, 0) is 7.05 Å². The van der Waals surface area contributed by atoms with Crippen molar-refractivity contribution < 1.29 is 8.98 Å². The van der Waals surface area contributed by atoms with Crippen LogP contribution in [-0.4, -0.2) is 8.07 Å². The van der Waals surface area contributed by atoms with Crippen LogP contribution in [0.5, 0.6) is 0 Å². The fourth-order valence-corrected chi connectivity index (χ4v) is 8.57. The number of aryl methyl sites for hydroxylation is 1. The predicted molar refractivity (Wildman–Crippen MR) is 187 cm³/mol. The molecule has 0 aliphatic carbocycles. The molecule has 0 saturated heterocycles. The standard InChI is InChI=1S/C40H44NOSi/c1-25(2)32-21-30(28-15-11-10-12-16-28)22-33(26(3)4)39(32)29-19-20-41(6)35(23-29)38-27(5)37(43(7,8)9)24-34-31-17-13-14-18-36(31)42-40(34)38/h10-26H,1-9H3/q+1. The highest BCUT2D eigenvalue weighted by Gasteiger charge is 2.29. The molecule has 0 atom stereocenters. The number of hydrogen-bond acceptors (Lipinski definition) is 1. The van der Waals surface area contributed by atoms with Crippen LogP contribution in [0.15, 0.2) is 95.5 Å². The van der Waals surface area contributed by atoms with E-state index in [1.807, 2.05) is 0 Å². The van der Waals surface area contributed by atoms with E-state index in [0.717, 1.165) is 11.2 Å². The molecule has 0 aliphatic rings. The van der Waals surface area contributed by atoms with Crippen LogP contribution in [0.25, 0.3) is 55.4 Å². The SMILES string of the molecule is Cc1c([Si](C)(C)C)cc2c(oc3ccccc32)c1-c1cc(-c2c(C(C)C)cc(-c3ccccc3)cc2C(C)C)cc[n+]1C. The number of rotatable bonds is 6. The highest BCUT2D eigenvalue weighted by Crippen LogP contribution is 2.42. The molecular formula is C40H44NOSi+. The normalized spacial score (nSPS) is 12.3. The molecule has 3 heteroatoms. The zero-order valence-electron chi connectivity index (χ0n) is 27.2. The van der Waals surface area contributed by atoms with Gasteiger partial charge in [-0.1, -0.05) is 119 Å². The third-order valence-corrected chi connectivity index (χ3v) is 11.1. The van der Waals surface area contributed by atoms with E-state index in [9.17, 15) is 0 Å². The Hall–Kier alpha value is -3.95. The van der Waals surface area contributed by atoms with Crippen LogP contribution in [0.4, 0.5) is 0 Å². The van der Waals surface area contributed by atoms with E-state index >= 15 is 0 Å². The summed E-state index contributed by atoms with van der Waals surface area (Å²) in [5, 5.41) is 3.90. The third kappa shape index (κ3) is 5.14. The van der Waals surface area contributed by atoms with Gasteiger partial charge in [0.1, 0.15) is 18.2 Å². The summed E-state index contributed by atoms with van der Waals surface area (Å²) in [6.07, 6.45) is 2.24. The van der Waals surface area contributed by atoms with Gasteiger partial charge in [0.25, 0.3) is 0 Å². The van der Waals surface area contributed by atoms with Crippen molar-refractivity contribution in [1.29, 1.82) is 0 Å². The van der Waals surface area contributed by atoms with E-state index in [1.165, 1.54) is 66.2 Å². The zero-order chi connectivity index (χ0) is 30.6. The second kappa shape index (κ2) is 11.0. The third-order valence-electron chi connectivity index (χ3n) is 8.98. The van der Waals surface area contributed by atoms with E-state index in [2.05, 4.69) is 157 Å². The summed E-state index contributed by atoms with van der Waals surface area (Å²) in [6.45, 7) is 18.9. The van der Waals surface area contributed by atoms with Crippen molar-refractivity contribution in [2.75, 3.05) is 0 Å². The number of aromatic nitrogens is 1. The maximum Gasteiger partial charge on any atom is 0.216 e. The van der Waals surface area contributed by atoms with Crippen molar-refractivity contribution in [3.8, 4) is 33.5 Å². The lowest BCUT2D eigenvalue weighted by Gasteiger charge is -2.23. The summed E-state index contributed by atoms with van der Waals surface area (Å²) in [7, 11) is 0.514. The summed E-state index contributed by atoms with van der Waals surface area (Å²) in [5.41, 5.74) is 13.7. The molecule has 2 nitrogen and oxygen atoms in total. The summed E-state index contributed by atoms with van der Waals surface area (Å²) in [5.74, 6) is 0.764. The van der Waals surface area contributed by atoms with E-state index in [0.29, 0.717) is 11.8 Å². The van der Waals surface area contributed by atoms with Crippen LogP contribution in [0.1, 0.15) is 56.2 Å². The van der Waals surface area contributed by atoms with Crippen molar-refractivity contribution in [3.63, 3.8) is 0 Å². The summed E-state index contributed by atoms with van der Waals surface area (Å²) >= 11 is 0. The Bertz CT molecular complexity index is 1940. The van der Waals surface area contributed by atoms with Crippen molar-refractivity contribution in [2.24, 2.45) is 7.05 Å². The van der Waals surface area contributed by atoms with Gasteiger partial charge in [0.2, 0.25) is 5.69 Å². The van der Waals surface area contributed by atoms with Gasteiger partial charge in [-0.3, -0.25) is 0 Å². The highest BCUT2D eigenvalue weighted by atomic mass is 28.3. The fraction of sp³-hybridized carbons (Fsp3) is 0.275. The molecule has 0 bridgehead atoms. The predicted octanol–water partition coefficient (Wildman–Crippen LogP) is 10.5. The molecule has 43 heavy (non-hydrogen) atoms. The van der Waals surface area contributed by atoms with Crippen molar-refractivity contribution in [2.45, 2.75) is 66.1 Å². The summed E-state index contributed by atoms with van der Waals surface area (Å²) < 4.78 is 8.95. The first-order valence-corrected chi connectivity index (χ1v) is 19.1. The molecule has 0 spiro atoms. The molecule has 0 aliphatic heterocycles. The molecule has 218 valence electrons. The Kier molecular flexibility index (Phi) is 7.42. The molecule has 0 radical (unpaired) electrons. The molecule has 6 aromatic rings. The molecule has 0 N–H and O–H groups in total. The minimum Gasteiger partial charge on any atom is -0.455 e. The van der Waals surface area contributed by atoms with Crippen LogP contribution < -0.4 is 9.75 Å². The number of pyridine rings is 1. The van der Waals surface area contributed by atoms with Gasteiger partial charge in [-0.2, -0.15) is 0 Å². The van der Waals surface area contributed by atoms with Gasteiger partial charge in [-0.25, -0.2) is 4.57 Å². The highest BCUT2D eigenvalue weighted by molar-refractivity contribution is 6.89. The summed E-state index contributed by atoms with van der Waals surface area (Å²) in [4.78, 5) is 0. The first-order valence-electron chi connectivity index (χ1n) is 15.6. The van der Waals surface area contributed by atoms with Gasteiger partial charge in [0, 0.05) is 22.9 Å². The minimum absolute atomic E-state index is 0.382. The van der Waals surface area contributed by atoms with E-state index in [4.69, 9.17) is 4.42 Å². The second-order valence-corrected chi connectivity index (χ2v) is 18.8. The van der Waals surface area contributed by atoms with E-state index in [1.54, 1.807) is 0 Å². The minimum atomic E-state index is -1.65. The van der Waals surface area contributed by atoms with Gasteiger partial charge >= 0.3 is 0 Å². The summed E-state index contributed by atoms with van der Waals surface area (Å²) in [6, 6.07) is 31.2. The molecule has 2 aromatic heterocycles. The van der Waals surface area contributed by atoms with Gasteiger partial charge in [0.05, 0.1) is 13.6 Å². The van der Waals surface area contributed by atoms with Crippen LogP contribution >= 0.6 is 0 Å². The van der Waals surface area contributed by atoms with E-state index < -0.39 is 8.07 Å². The number of hydrogen-bond donors (Lipinski definition) is 0. The van der Waals surface area contributed by atoms with Gasteiger partial charge in [0.15, 0.2) is 6.20 Å². The number of furan rings is 1. The average Bonchev–Trinajstić information content (AvgIpc) is 3.35. The number of nitrogens with zero attached hydrogens (tertiary/aromatic N) is 1. The molecule has 2 heterocycles. The number of benzene rings is 4. The van der Waals surface area contributed by atoms with Crippen LogP contribution in [0.3, 0.4) is 0 Å². The monoisotopic (exact) mass is 582 g/mol. The lowest BCUT2D eigenvalue weighted by atomic mass is 9.82. The quantitative estimate of drug-likeness (QED) is 0.141. The lowest BCUT2D eigenvalue weighted by Crippen LogP contribution is -2.40. The van der Waals surface area contributed by atoms with Crippen LogP contribution in [0, 0.1) is 6.92 Å². The molecule has 0 unspecified atom stereocenters. The Labute approximate surface area is 258 Å².